The Morgan fingerprint density at radius 2 is 0.946 bits per heavy atom. The minimum atomic E-state index is -0.241. The van der Waals surface area contributed by atoms with Gasteiger partial charge in [-0.1, -0.05) is 160 Å². The molecule has 0 saturated heterocycles. The van der Waals surface area contributed by atoms with E-state index in [1.54, 1.807) is 0 Å². The summed E-state index contributed by atoms with van der Waals surface area (Å²) in [6.45, 7) is 31.5. The van der Waals surface area contributed by atoms with Crippen molar-refractivity contribution in [1.82, 2.24) is 0 Å². The smallest absolute Gasteiger partial charge is 0.252 e. The van der Waals surface area contributed by atoms with Crippen molar-refractivity contribution in [3.05, 3.63) is 202 Å². The Morgan fingerprint density at radius 3 is 1.59 bits per heavy atom. The van der Waals surface area contributed by atoms with E-state index in [1.807, 2.05) is 0 Å². The Bertz CT molecular complexity index is 3630. The van der Waals surface area contributed by atoms with Crippen LogP contribution in [0.1, 0.15) is 145 Å². The van der Waals surface area contributed by atoms with Crippen molar-refractivity contribution in [3.63, 3.8) is 0 Å². The van der Waals surface area contributed by atoms with Crippen molar-refractivity contribution in [2.45, 2.75) is 143 Å². The molecule has 0 atom stereocenters. The van der Waals surface area contributed by atoms with Crippen LogP contribution in [0.3, 0.4) is 0 Å². The lowest BCUT2D eigenvalue weighted by molar-refractivity contribution is 0.332. The Balaban J connectivity index is 1.15. The summed E-state index contributed by atoms with van der Waals surface area (Å²) < 4.78 is 0. The minimum absolute atomic E-state index is 0.0152. The zero-order valence-electron chi connectivity index (χ0n) is 46.2. The van der Waals surface area contributed by atoms with Gasteiger partial charge in [-0.2, -0.15) is 0 Å². The molecule has 0 N–H and O–H groups in total. The monoisotopic (exact) mass is 966 g/mol. The second-order valence-corrected chi connectivity index (χ2v) is 26.1. The molecule has 0 amide bonds. The second kappa shape index (κ2) is 15.9. The van der Waals surface area contributed by atoms with Crippen LogP contribution < -0.4 is 31.1 Å². The Kier molecular flexibility index (Phi) is 10.1. The number of para-hydroxylation sites is 2. The van der Waals surface area contributed by atoms with E-state index >= 15 is 0 Å². The first-order chi connectivity index (χ1) is 35.2. The molecule has 370 valence electrons. The Labute approximate surface area is 442 Å². The van der Waals surface area contributed by atoms with Gasteiger partial charge in [-0.15, -0.1) is 0 Å². The summed E-state index contributed by atoms with van der Waals surface area (Å²) in [6.07, 6.45) is 4.69. The van der Waals surface area contributed by atoms with Gasteiger partial charge in [-0.25, -0.2) is 0 Å². The summed E-state index contributed by atoms with van der Waals surface area (Å²) in [5, 5.41) is 0. The number of anilines is 9. The van der Waals surface area contributed by atoms with Crippen LogP contribution in [0.2, 0.25) is 0 Å². The van der Waals surface area contributed by atoms with Crippen LogP contribution in [0.5, 0.6) is 0 Å². The number of fused-ring (bicyclic) bond motifs is 9. The molecular formula is C70H72BN3. The number of hydrogen-bond acceptors (Lipinski definition) is 3. The van der Waals surface area contributed by atoms with Crippen LogP contribution in [0, 0.1) is 20.8 Å². The number of benzene rings is 8. The minimum Gasteiger partial charge on any atom is -0.311 e. The lowest BCUT2D eigenvalue weighted by Crippen LogP contribution is -2.62. The number of aryl methyl sites for hydroxylation is 3. The summed E-state index contributed by atoms with van der Waals surface area (Å²) in [4.78, 5) is 7.92. The van der Waals surface area contributed by atoms with Gasteiger partial charge >= 0.3 is 0 Å². The zero-order chi connectivity index (χ0) is 51.6. The van der Waals surface area contributed by atoms with Gasteiger partial charge in [0.2, 0.25) is 0 Å². The van der Waals surface area contributed by atoms with Crippen molar-refractivity contribution in [2.75, 3.05) is 14.7 Å². The topological polar surface area (TPSA) is 9.72 Å². The molecule has 0 saturated carbocycles. The molecule has 74 heavy (non-hydrogen) atoms. The van der Waals surface area contributed by atoms with Gasteiger partial charge in [-0.3, -0.25) is 0 Å². The van der Waals surface area contributed by atoms with Crippen LogP contribution >= 0.6 is 0 Å². The van der Waals surface area contributed by atoms with Gasteiger partial charge in [-0.05, 0) is 206 Å². The Morgan fingerprint density at radius 1 is 0.405 bits per heavy atom. The van der Waals surface area contributed by atoms with E-state index in [0.717, 1.165) is 18.5 Å². The highest BCUT2D eigenvalue weighted by Crippen LogP contribution is 2.57. The maximum absolute atomic E-state index is 2.71. The average molecular weight is 966 g/mol. The van der Waals surface area contributed by atoms with Gasteiger partial charge in [0.15, 0.2) is 0 Å². The van der Waals surface area contributed by atoms with Crippen LogP contribution in [0.4, 0.5) is 51.2 Å². The number of hydrogen-bond donors (Lipinski definition) is 0. The van der Waals surface area contributed by atoms with E-state index in [-0.39, 0.29) is 33.8 Å². The van der Waals surface area contributed by atoms with Crippen LogP contribution in [-0.4, -0.2) is 6.71 Å². The molecule has 5 aliphatic rings. The van der Waals surface area contributed by atoms with Crippen LogP contribution in [0.15, 0.2) is 152 Å². The van der Waals surface area contributed by atoms with E-state index in [0.29, 0.717) is 0 Å². The predicted molar refractivity (Wildman–Crippen MR) is 317 cm³/mol. The fourth-order valence-corrected chi connectivity index (χ4v) is 14.6. The third-order valence-corrected chi connectivity index (χ3v) is 19.0. The second-order valence-electron chi connectivity index (χ2n) is 26.1. The highest BCUT2D eigenvalue weighted by Gasteiger charge is 2.49. The molecule has 0 bridgehead atoms. The van der Waals surface area contributed by atoms with Crippen molar-refractivity contribution < 1.29 is 0 Å². The van der Waals surface area contributed by atoms with Crippen molar-refractivity contribution in [1.29, 1.82) is 0 Å². The summed E-state index contributed by atoms with van der Waals surface area (Å²) in [5.41, 5.74) is 30.4. The SMILES string of the molecule is Cc1cc2c3c(c1)N(c1cccc4c1C(C)(C)c1ccccc1-4)c1cc(N(c4ccccc4C)c4ccccc4C)ccc1B3c1cc3c(cc1N2c1ccc2c(c1)C(C)(C)CCC2(C)C)C(C)(C)CCC3(C)C. The highest BCUT2D eigenvalue weighted by atomic mass is 15.2. The normalized spacial score (nSPS) is 18.3. The molecule has 0 unspecified atom stereocenters. The molecule has 0 spiro atoms. The number of rotatable bonds is 5. The molecule has 0 fully saturated rings. The van der Waals surface area contributed by atoms with Gasteiger partial charge in [0.05, 0.1) is 5.69 Å². The fraction of sp³-hybridized carbons (Fsp3) is 0.314. The average Bonchev–Trinajstić information content (AvgIpc) is 3.64. The predicted octanol–water partition coefficient (Wildman–Crippen LogP) is 17.2. The van der Waals surface area contributed by atoms with Crippen molar-refractivity contribution >= 4 is 74.3 Å². The quantitative estimate of drug-likeness (QED) is 0.159. The van der Waals surface area contributed by atoms with E-state index in [4.69, 9.17) is 0 Å². The van der Waals surface area contributed by atoms with Gasteiger partial charge < -0.3 is 14.7 Å². The van der Waals surface area contributed by atoms with E-state index in [2.05, 4.69) is 256 Å². The zero-order valence-corrected chi connectivity index (χ0v) is 46.2. The maximum atomic E-state index is 2.71. The first-order valence-corrected chi connectivity index (χ1v) is 27.6. The molecule has 4 heteroatoms. The molecular weight excluding hydrogens is 894 g/mol. The van der Waals surface area contributed by atoms with Crippen LogP contribution in [0.25, 0.3) is 11.1 Å². The lowest BCUT2D eigenvalue weighted by Gasteiger charge is -2.48. The molecule has 2 heterocycles. The van der Waals surface area contributed by atoms with E-state index in [1.165, 1.54) is 136 Å². The third-order valence-electron chi connectivity index (χ3n) is 19.0. The third kappa shape index (κ3) is 6.71. The van der Waals surface area contributed by atoms with Gasteiger partial charge in [0, 0.05) is 50.9 Å². The molecule has 0 aromatic heterocycles. The molecule has 0 radical (unpaired) electrons. The van der Waals surface area contributed by atoms with Gasteiger partial charge in [0.25, 0.3) is 6.71 Å². The molecule has 2 aliphatic heterocycles. The molecule has 8 aromatic carbocycles. The van der Waals surface area contributed by atoms with Gasteiger partial charge in [0.1, 0.15) is 0 Å². The van der Waals surface area contributed by atoms with Crippen molar-refractivity contribution in [3.8, 4) is 11.1 Å². The first-order valence-electron chi connectivity index (χ1n) is 27.6. The van der Waals surface area contributed by atoms with E-state index < -0.39 is 0 Å². The summed E-state index contributed by atoms with van der Waals surface area (Å²) >= 11 is 0. The largest absolute Gasteiger partial charge is 0.311 e. The summed E-state index contributed by atoms with van der Waals surface area (Å²) in [6, 6.07) is 59.4. The standard InChI is InChI=1S/C70H72BN3/c1-43-37-62-65-63(38-43)74(59-28-20-24-49-48-23-16-17-25-50(48)70(12,13)64(49)59)60-40-47(72(57-26-18-14-21-44(57)2)58-27-19-15-22-45(58)3)30-32-55(60)71(65)56-41-53-54(69(10,11)36-35-68(53,8)9)42-61(56)73(62)46-29-31-51-52(39-46)67(6,7)34-33-66(51,4)5/h14-32,37-42H,33-36H2,1-13H3. The molecule has 3 nitrogen and oxygen atoms in total. The van der Waals surface area contributed by atoms with E-state index in [9.17, 15) is 0 Å². The molecule has 13 rings (SSSR count). The number of nitrogens with zero attached hydrogens (tertiary/aromatic N) is 3. The first kappa shape index (κ1) is 47.0. The molecule has 3 aliphatic carbocycles. The fourth-order valence-electron chi connectivity index (χ4n) is 14.6. The van der Waals surface area contributed by atoms with Crippen LogP contribution in [-0.2, 0) is 27.1 Å². The summed E-state index contributed by atoms with van der Waals surface area (Å²) in [7, 11) is 0. The Hall–Kier alpha value is -6.78. The summed E-state index contributed by atoms with van der Waals surface area (Å²) in [5.74, 6) is 0. The maximum Gasteiger partial charge on any atom is 0.252 e. The van der Waals surface area contributed by atoms with Crippen molar-refractivity contribution in [2.24, 2.45) is 0 Å². The molecule has 8 aromatic rings. The highest BCUT2D eigenvalue weighted by molar-refractivity contribution is 7.00. The lowest BCUT2D eigenvalue weighted by atomic mass is 9.33.